The monoisotopic (exact) mass is 376 g/mol. The van der Waals surface area contributed by atoms with E-state index in [9.17, 15) is 4.79 Å². The Balaban J connectivity index is 1.16. The lowest BCUT2D eigenvalue weighted by Gasteiger charge is -2.36. The first-order valence-corrected chi connectivity index (χ1v) is 10.3. The molecular weight excluding hydrogens is 348 g/mol. The number of rotatable bonds is 5. The SMILES string of the molecule is O=C(NCCN1CCN(c2cccc(Cl)c2)CC1)C1CC12CCNCC2. The van der Waals surface area contributed by atoms with Crippen LogP contribution in [0.4, 0.5) is 5.69 Å². The molecule has 5 nitrogen and oxygen atoms in total. The topological polar surface area (TPSA) is 47.6 Å². The molecule has 1 spiro atoms. The summed E-state index contributed by atoms with van der Waals surface area (Å²) in [4.78, 5) is 17.2. The van der Waals surface area contributed by atoms with E-state index in [0.717, 1.165) is 76.6 Å². The van der Waals surface area contributed by atoms with Crippen molar-refractivity contribution in [1.29, 1.82) is 0 Å². The van der Waals surface area contributed by atoms with Gasteiger partial charge in [-0.1, -0.05) is 17.7 Å². The summed E-state index contributed by atoms with van der Waals surface area (Å²) >= 11 is 6.09. The summed E-state index contributed by atoms with van der Waals surface area (Å²) in [5, 5.41) is 7.37. The van der Waals surface area contributed by atoms with Crippen LogP contribution in [-0.2, 0) is 4.79 Å². The minimum atomic E-state index is 0.268. The second kappa shape index (κ2) is 7.75. The summed E-state index contributed by atoms with van der Waals surface area (Å²) in [5.41, 5.74) is 1.53. The van der Waals surface area contributed by atoms with Crippen molar-refractivity contribution in [2.45, 2.75) is 19.3 Å². The van der Waals surface area contributed by atoms with Gasteiger partial charge in [0.15, 0.2) is 0 Å². The Morgan fingerprint density at radius 2 is 2.00 bits per heavy atom. The molecule has 1 saturated carbocycles. The second-order valence-electron chi connectivity index (χ2n) is 7.97. The molecule has 2 N–H and O–H groups in total. The molecule has 1 aromatic rings. The van der Waals surface area contributed by atoms with Gasteiger partial charge in [-0.05, 0) is 56.0 Å². The van der Waals surface area contributed by atoms with Crippen LogP contribution >= 0.6 is 11.6 Å². The van der Waals surface area contributed by atoms with Crippen LogP contribution < -0.4 is 15.5 Å². The molecule has 2 saturated heterocycles. The Bertz CT molecular complexity index is 638. The number of amides is 1. The number of halogens is 1. The molecule has 26 heavy (non-hydrogen) atoms. The molecule has 1 aliphatic carbocycles. The third-order valence-electron chi connectivity index (χ3n) is 6.38. The van der Waals surface area contributed by atoms with Gasteiger partial charge in [0.1, 0.15) is 0 Å². The Labute approximate surface area is 161 Å². The highest BCUT2D eigenvalue weighted by Crippen LogP contribution is 2.58. The number of anilines is 1. The summed E-state index contributed by atoms with van der Waals surface area (Å²) in [6.07, 6.45) is 3.42. The quantitative estimate of drug-likeness (QED) is 0.824. The van der Waals surface area contributed by atoms with E-state index >= 15 is 0 Å². The standard InChI is InChI=1S/C20H29ClN4O/c21-16-2-1-3-17(14-16)25-12-10-24(11-13-25)9-8-23-19(26)18-15-20(18)4-6-22-7-5-20/h1-3,14,18,22H,4-13,15H2,(H,23,26). The summed E-state index contributed by atoms with van der Waals surface area (Å²) < 4.78 is 0. The zero-order valence-electron chi connectivity index (χ0n) is 15.3. The van der Waals surface area contributed by atoms with Crippen molar-refractivity contribution in [3.8, 4) is 0 Å². The van der Waals surface area contributed by atoms with E-state index in [0.29, 0.717) is 5.41 Å². The zero-order valence-corrected chi connectivity index (χ0v) is 16.1. The lowest BCUT2D eigenvalue weighted by Crippen LogP contribution is -2.48. The molecule has 0 radical (unpaired) electrons. The van der Waals surface area contributed by atoms with Crippen molar-refractivity contribution in [2.24, 2.45) is 11.3 Å². The van der Waals surface area contributed by atoms with Gasteiger partial charge in [0.25, 0.3) is 0 Å². The van der Waals surface area contributed by atoms with E-state index in [2.05, 4.69) is 26.5 Å². The predicted octanol–water partition coefficient (Wildman–Crippen LogP) is 1.97. The number of nitrogens with zero attached hydrogens (tertiary/aromatic N) is 2. The van der Waals surface area contributed by atoms with Gasteiger partial charge in [-0.3, -0.25) is 9.69 Å². The Morgan fingerprint density at radius 1 is 1.23 bits per heavy atom. The minimum Gasteiger partial charge on any atom is -0.369 e. The Hall–Kier alpha value is -1.30. The van der Waals surface area contributed by atoms with Gasteiger partial charge in [-0.15, -0.1) is 0 Å². The minimum absolute atomic E-state index is 0.268. The van der Waals surface area contributed by atoms with E-state index in [-0.39, 0.29) is 11.8 Å². The number of hydrogen-bond acceptors (Lipinski definition) is 4. The third kappa shape index (κ3) is 4.00. The molecule has 3 aliphatic rings. The molecule has 1 unspecified atom stereocenters. The zero-order chi connectivity index (χ0) is 18.0. The molecular formula is C20H29ClN4O. The van der Waals surface area contributed by atoms with Crippen LogP contribution in [0.5, 0.6) is 0 Å². The van der Waals surface area contributed by atoms with Crippen LogP contribution in [0.1, 0.15) is 19.3 Å². The fourth-order valence-corrected chi connectivity index (χ4v) is 4.74. The highest BCUT2D eigenvalue weighted by atomic mass is 35.5. The van der Waals surface area contributed by atoms with Crippen LogP contribution in [0.25, 0.3) is 0 Å². The molecule has 4 rings (SSSR count). The molecule has 2 aliphatic heterocycles. The Morgan fingerprint density at radius 3 is 2.73 bits per heavy atom. The first-order chi connectivity index (χ1) is 12.7. The number of nitrogens with one attached hydrogen (secondary N) is 2. The average Bonchev–Trinajstić information content (AvgIpc) is 3.36. The first kappa shape index (κ1) is 18.1. The molecule has 1 amide bonds. The molecule has 0 bridgehead atoms. The first-order valence-electron chi connectivity index (χ1n) is 9.88. The van der Waals surface area contributed by atoms with E-state index in [1.807, 2.05) is 18.2 Å². The van der Waals surface area contributed by atoms with Crippen LogP contribution in [0, 0.1) is 11.3 Å². The molecule has 6 heteroatoms. The highest BCUT2D eigenvalue weighted by Gasteiger charge is 2.57. The lowest BCUT2D eigenvalue weighted by molar-refractivity contribution is -0.123. The van der Waals surface area contributed by atoms with E-state index in [1.54, 1.807) is 0 Å². The normalized spacial score (nSPS) is 25.3. The van der Waals surface area contributed by atoms with Crippen molar-refractivity contribution in [3.05, 3.63) is 29.3 Å². The average molecular weight is 377 g/mol. The molecule has 0 aromatic heterocycles. The molecule has 3 fully saturated rings. The largest absolute Gasteiger partial charge is 0.369 e. The van der Waals surface area contributed by atoms with Gasteiger partial charge in [0, 0.05) is 55.9 Å². The number of carbonyl (C=O) groups excluding carboxylic acids is 1. The number of hydrogen-bond donors (Lipinski definition) is 2. The lowest BCUT2D eigenvalue weighted by atomic mass is 9.92. The fourth-order valence-electron chi connectivity index (χ4n) is 4.56. The van der Waals surface area contributed by atoms with E-state index in [1.165, 1.54) is 5.69 Å². The molecule has 142 valence electrons. The highest BCUT2D eigenvalue weighted by molar-refractivity contribution is 6.30. The number of piperazine rings is 1. The molecule has 2 heterocycles. The predicted molar refractivity (Wildman–Crippen MR) is 106 cm³/mol. The summed E-state index contributed by atoms with van der Waals surface area (Å²) in [6.45, 7) is 7.92. The van der Waals surface area contributed by atoms with Gasteiger partial charge in [-0.2, -0.15) is 0 Å². The van der Waals surface area contributed by atoms with Gasteiger partial charge in [-0.25, -0.2) is 0 Å². The van der Waals surface area contributed by atoms with Crippen molar-refractivity contribution in [2.75, 3.05) is 57.3 Å². The van der Waals surface area contributed by atoms with Gasteiger partial charge in [0.05, 0.1) is 0 Å². The van der Waals surface area contributed by atoms with Crippen molar-refractivity contribution in [1.82, 2.24) is 15.5 Å². The maximum atomic E-state index is 12.4. The fraction of sp³-hybridized carbons (Fsp3) is 0.650. The number of benzene rings is 1. The van der Waals surface area contributed by atoms with Crippen molar-refractivity contribution in [3.63, 3.8) is 0 Å². The van der Waals surface area contributed by atoms with Crippen LogP contribution in [0.2, 0.25) is 5.02 Å². The van der Waals surface area contributed by atoms with Crippen molar-refractivity contribution < 1.29 is 4.79 Å². The van der Waals surface area contributed by atoms with Gasteiger partial charge < -0.3 is 15.5 Å². The summed E-state index contributed by atoms with van der Waals surface area (Å²) in [7, 11) is 0. The maximum absolute atomic E-state index is 12.4. The number of carbonyl (C=O) groups is 1. The van der Waals surface area contributed by atoms with E-state index in [4.69, 9.17) is 11.6 Å². The van der Waals surface area contributed by atoms with Crippen molar-refractivity contribution >= 4 is 23.2 Å². The summed E-state index contributed by atoms with van der Waals surface area (Å²) in [5.74, 6) is 0.550. The van der Waals surface area contributed by atoms with Crippen LogP contribution in [-0.4, -0.2) is 63.2 Å². The number of piperidine rings is 1. The summed E-state index contributed by atoms with van der Waals surface area (Å²) in [6, 6.07) is 8.07. The van der Waals surface area contributed by atoms with E-state index < -0.39 is 0 Å². The van der Waals surface area contributed by atoms with Crippen LogP contribution in [0.15, 0.2) is 24.3 Å². The maximum Gasteiger partial charge on any atom is 0.223 e. The third-order valence-corrected chi connectivity index (χ3v) is 6.61. The van der Waals surface area contributed by atoms with Gasteiger partial charge >= 0.3 is 0 Å². The smallest absolute Gasteiger partial charge is 0.223 e. The molecule has 1 aromatic carbocycles. The second-order valence-corrected chi connectivity index (χ2v) is 8.41. The van der Waals surface area contributed by atoms with Crippen LogP contribution in [0.3, 0.4) is 0 Å². The Kier molecular flexibility index (Phi) is 5.39. The van der Waals surface area contributed by atoms with Gasteiger partial charge in [0.2, 0.25) is 5.91 Å². The molecule has 1 atom stereocenters.